The molecule has 4 heteroatoms. The summed E-state index contributed by atoms with van der Waals surface area (Å²) in [6.45, 7) is 2.56. The lowest BCUT2D eigenvalue weighted by Crippen LogP contribution is -2.04. The quantitative estimate of drug-likeness (QED) is 0.722. The van der Waals surface area contributed by atoms with E-state index in [9.17, 15) is 0 Å². The van der Waals surface area contributed by atoms with Crippen LogP contribution in [0, 0.1) is 6.92 Å². The highest BCUT2D eigenvalue weighted by atomic mass is 15.0. The number of hydrogen-bond acceptors (Lipinski definition) is 2. The van der Waals surface area contributed by atoms with Gasteiger partial charge in [0.1, 0.15) is 0 Å². The van der Waals surface area contributed by atoms with Crippen molar-refractivity contribution in [3.8, 4) is 11.3 Å². The Hall–Kier alpha value is -2.07. The zero-order valence-corrected chi connectivity index (χ0v) is 10.6. The summed E-state index contributed by atoms with van der Waals surface area (Å²) in [5.41, 5.74) is 11.3. The van der Waals surface area contributed by atoms with Crippen LogP contribution in [0.4, 0.5) is 0 Å². The van der Waals surface area contributed by atoms with Gasteiger partial charge in [-0.05, 0) is 13.0 Å². The average molecular weight is 240 g/mol. The van der Waals surface area contributed by atoms with Gasteiger partial charge in [-0.25, -0.2) is 4.98 Å². The molecule has 3 aromatic rings. The van der Waals surface area contributed by atoms with Crippen LogP contribution in [0.25, 0.3) is 22.2 Å². The fraction of sp³-hybridized carbons (Fsp3) is 0.214. The molecule has 3 N–H and O–H groups in total. The molecule has 0 unspecified atom stereocenters. The van der Waals surface area contributed by atoms with Crippen LogP contribution in [-0.4, -0.2) is 14.5 Å². The number of aromatic amines is 1. The van der Waals surface area contributed by atoms with Crippen molar-refractivity contribution in [1.82, 2.24) is 14.5 Å². The van der Waals surface area contributed by atoms with Gasteiger partial charge in [0.05, 0.1) is 17.7 Å². The van der Waals surface area contributed by atoms with Gasteiger partial charge in [0, 0.05) is 35.8 Å². The molecule has 0 atom stereocenters. The van der Waals surface area contributed by atoms with E-state index in [1.165, 1.54) is 5.39 Å². The minimum Gasteiger partial charge on any atom is -0.358 e. The van der Waals surface area contributed by atoms with Crippen molar-refractivity contribution in [2.75, 3.05) is 0 Å². The lowest BCUT2D eigenvalue weighted by molar-refractivity contribution is 0.822. The van der Waals surface area contributed by atoms with Crippen molar-refractivity contribution in [3.05, 3.63) is 42.0 Å². The fourth-order valence-corrected chi connectivity index (χ4v) is 2.49. The lowest BCUT2D eigenvalue weighted by Gasteiger charge is -2.03. The van der Waals surface area contributed by atoms with Crippen LogP contribution < -0.4 is 5.73 Å². The van der Waals surface area contributed by atoms with Gasteiger partial charge < -0.3 is 15.3 Å². The average Bonchev–Trinajstić information content (AvgIpc) is 2.88. The van der Waals surface area contributed by atoms with Gasteiger partial charge in [-0.15, -0.1) is 0 Å². The zero-order valence-electron chi connectivity index (χ0n) is 10.6. The second kappa shape index (κ2) is 3.99. The van der Waals surface area contributed by atoms with Gasteiger partial charge in [-0.1, -0.05) is 18.2 Å². The van der Waals surface area contributed by atoms with E-state index < -0.39 is 0 Å². The summed E-state index contributed by atoms with van der Waals surface area (Å²) >= 11 is 0. The third kappa shape index (κ3) is 1.46. The Morgan fingerprint density at radius 1 is 1.33 bits per heavy atom. The molecule has 0 saturated carbocycles. The van der Waals surface area contributed by atoms with Crippen LogP contribution in [-0.2, 0) is 13.6 Å². The monoisotopic (exact) mass is 240 g/mol. The van der Waals surface area contributed by atoms with E-state index >= 15 is 0 Å². The molecule has 0 amide bonds. The van der Waals surface area contributed by atoms with Gasteiger partial charge in [0.15, 0.2) is 0 Å². The predicted molar refractivity (Wildman–Crippen MR) is 73.1 cm³/mol. The van der Waals surface area contributed by atoms with Gasteiger partial charge in [0.25, 0.3) is 0 Å². The Morgan fingerprint density at radius 3 is 2.89 bits per heavy atom. The molecule has 1 aromatic carbocycles. The Morgan fingerprint density at radius 2 is 2.11 bits per heavy atom. The third-order valence-electron chi connectivity index (χ3n) is 3.38. The van der Waals surface area contributed by atoms with E-state index in [2.05, 4.69) is 29.0 Å². The van der Waals surface area contributed by atoms with Crippen LogP contribution in [0.1, 0.15) is 11.4 Å². The van der Waals surface area contributed by atoms with Crippen LogP contribution in [0.15, 0.2) is 30.6 Å². The SMILES string of the molecule is Cc1[nH]c2ccccc2c1-c1ncn(C)c1CN. The van der Waals surface area contributed by atoms with E-state index in [1.807, 2.05) is 30.1 Å². The molecule has 0 aliphatic rings. The molecule has 0 radical (unpaired) electrons. The summed E-state index contributed by atoms with van der Waals surface area (Å²) in [4.78, 5) is 7.90. The molecule has 4 nitrogen and oxygen atoms in total. The molecule has 2 aromatic heterocycles. The Bertz CT molecular complexity index is 706. The summed E-state index contributed by atoms with van der Waals surface area (Å²) in [5.74, 6) is 0. The van der Waals surface area contributed by atoms with E-state index in [0.29, 0.717) is 6.54 Å². The molecule has 92 valence electrons. The fourth-order valence-electron chi connectivity index (χ4n) is 2.49. The van der Waals surface area contributed by atoms with Crippen molar-refractivity contribution in [3.63, 3.8) is 0 Å². The second-order valence-corrected chi connectivity index (χ2v) is 4.53. The first-order chi connectivity index (χ1) is 8.72. The number of H-pyrrole nitrogens is 1. The first kappa shape index (κ1) is 11.0. The van der Waals surface area contributed by atoms with Gasteiger partial charge >= 0.3 is 0 Å². The van der Waals surface area contributed by atoms with Crippen LogP contribution in [0.5, 0.6) is 0 Å². The highest BCUT2D eigenvalue weighted by molar-refractivity contribution is 5.96. The minimum atomic E-state index is 0.491. The topological polar surface area (TPSA) is 59.6 Å². The molecular weight excluding hydrogens is 224 g/mol. The molecule has 2 heterocycles. The number of nitrogens with zero attached hydrogens (tertiary/aromatic N) is 2. The summed E-state index contributed by atoms with van der Waals surface area (Å²) in [7, 11) is 1.98. The first-order valence-corrected chi connectivity index (χ1v) is 6.00. The molecule has 0 aliphatic heterocycles. The van der Waals surface area contributed by atoms with Crippen LogP contribution in [0.3, 0.4) is 0 Å². The van der Waals surface area contributed by atoms with Crippen molar-refractivity contribution >= 4 is 10.9 Å². The van der Waals surface area contributed by atoms with Crippen molar-refractivity contribution < 1.29 is 0 Å². The number of nitrogens with one attached hydrogen (secondary N) is 1. The summed E-state index contributed by atoms with van der Waals surface area (Å²) in [5, 5.41) is 1.20. The van der Waals surface area contributed by atoms with E-state index in [-0.39, 0.29) is 0 Å². The van der Waals surface area contributed by atoms with Crippen molar-refractivity contribution in [1.29, 1.82) is 0 Å². The number of hydrogen-bond donors (Lipinski definition) is 2. The second-order valence-electron chi connectivity index (χ2n) is 4.53. The number of aromatic nitrogens is 3. The van der Waals surface area contributed by atoms with E-state index in [1.54, 1.807) is 0 Å². The smallest absolute Gasteiger partial charge is 0.0953 e. The van der Waals surface area contributed by atoms with E-state index in [0.717, 1.165) is 28.2 Å². The standard InChI is InChI=1S/C14H16N4/c1-9-13(10-5-3-4-6-11(10)17-9)14-12(7-15)18(2)8-16-14/h3-6,8,17H,7,15H2,1-2H3. The first-order valence-electron chi connectivity index (χ1n) is 6.00. The molecule has 0 fully saturated rings. The molecule has 0 aliphatic carbocycles. The predicted octanol–water partition coefficient (Wildman–Crippen LogP) is 2.34. The van der Waals surface area contributed by atoms with Gasteiger partial charge in [-0.3, -0.25) is 0 Å². The molecular formula is C14H16N4. The van der Waals surface area contributed by atoms with Crippen LogP contribution >= 0.6 is 0 Å². The Kier molecular flexibility index (Phi) is 2.45. The molecule has 0 bridgehead atoms. The number of nitrogens with two attached hydrogens (primary N) is 1. The van der Waals surface area contributed by atoms with Gasteiger partial charge in [0.2, 0.25) is 0 Å². The zero-order chi connectivity index (χ0) is 12.7. The number of benzene rings is 1. The molecule has 0 spiro atoms. The number of aryl methyl sites for hydroxylation is 2. The third-order valence-corrected chi connectivity index (χ3v) is 3.38. The largest absolute Gasteiger partial charge is 0.358 e. The minimum absolute atomic E-state index is 0.491. The number of fused-ring (bicyclic) bond motifs is 1. The number of rotatable bonds is 2. The van der Waals surface area contributed by atoms with Crippen molar-refractivity contribution in [2.24, 2.45) is 12.8 Å². The lowest BCUT2D eigenvalue weighted by atomic mass is 10.1. The summed E-state index contributed by atoms with van der Waals surface area (Å²) < 4.78 is 1.98. The normalized spacial score (nSPS) is 11.3. The maximum absolute atomic E-state index is 5.83. The Labute approximate surface area is 105 Å². The molecule has 0 saturated heterocycles. The van der Waals surface area contributed by atoms with E-state index in [4.69, 9.17) is 5.73 Å². The summed E-state index contributed by atoms with van der Waals surface area (Å²) in [6, 6.07) is 8.27. The highest BCUT2D eigenvalue weighted by Gasteiger charge is 2.16. The molecule has 18 heavy (non-hydrogen) atoms. The highest BCUT2D eigenvalue weighted by Crippen LogP contribution is 2.32. The maximum atomic E-state index is 5.83. The maximum Gasteiger partial charge on any atom is 0.0953 e. The number of imidazole rings is 1. The number of para-hydroxylation sites is 1. The molecule has 3 rings (SSSR count). The summed E-state index contributed by atoms with van der Waals surface area (Å²) in [6.07, 6.45) is 1.82. The van der Waals surface area contributed by atoms with Crippen LogP contribution in [0.2, 0.25) is 0 Å². The Balaban J connectivity index is 2.34. The van der Waals surface area contributed by atoms with Crippen molar-refractivity contribution in [2.45, 2.75) is 13.5 Å². The van der Waals surface area contributed by atoms with Gasteiger partial charge in [-0.2, -0.15) is 0 Å².